The van der Waals surface area contributed by atoms with E-state index in [9.17, 15) is 4.79 Å². The average Bonchev–Trinajstić information content (AvgIpc) is 3.23. The fourth-order valence-electron chi connectivity index (χ4n) is 2.46. The SMILES string of the molecule is COCCn1cc(C(=O)NCC2CC2)c2ccccc21. The summed E-state index contributed by atoms with van der Waals surface area (Å²) in [6, 6.07) is 8.02. The first kappa shape index (κ1) is 13.2. The normalized spacial score (nSPS) is 14.7. The van der Waals surface area contributed by atoms with Crippen LogP contribution in [-0.4, -0.2) is 30.7 Å². The minimum Gasteiger partial charge on any atom is -0.383 e. The van der Waals surface area contributed by atoms with Crippen LogP contribution in [-0.2, 0) is 11.3 Å². The van der Waals surface area contributed by atoms with Crippen molar-refractivity contribution in [2.24, 2.45) is 5.92 Å². The lowest BCUT2D eigenvalue weighted by atomic mass is 10.1. The number of fused-ring (bicyclic) bond motifs is 1. The van der Waals surface area contributed by atoms with Crippen LogP contribution in [0.2, 0.25) is 0 Å². The molecule has 0 atom stereocenters. The van der Waals surface area contributed by atoms with Crippen LogP contribution in [0.4, 0.5) is 0 Å². The van der Waals surface area contributed by atoms with Crippen LogP contribution >= 0.6 is 0 Å². The van der Waals surface area contributed by atoms with E-state index in [0.29, 0.717) is 12.5 Å². The van der Waals surface area contributed by atoms with Crippen molar-refractivity contribution in [1.82, 2.24) is 9.88 Å². The van der Waals surface area contributed by atoms with Crippen molar-refractivity contribution in [3.63, 3.8) is 0 Å². The summed E-state index contributed by atoms with van der Waals surface area (Å²) in [6.45, 7) is 2.20. The van der Waals surface area contributed by atoms with Gasteiger partial charge in [0.2, 0.25) is 0 Å². The van der Waals surface area contributed by atoms with E-state index < -0.39 is 0 Å². The molecule has 1 heterocycles. The number of rotatable bonds is 6. The Morgan fingerprint density at radius 3 is 2.95 bits per heavy atom. The molecule has 0 unspecified atom stereocenters. The quantitative estimate of drug-likeness (QED) is 0.877. The topological polar surface area (TPSA) is 43.3 Å². The van der Waals surface area contributed by atoms with Crippen molar-refractivity contribution >= 4 is 16.8 Å². The van der Waals surface area contributed by atoms with Crippen LogP contribution < -0.4 is 5.32 Å². The molecule has 0 spiro atoms. The van der Waals surface area contributed by atoms with Crippen LogP contribution in [0.3, 0.4) is 0 Å². The number of para-hydroxylation sites is 1. The third-order valence-corrected chi connectivity index (χ3v) is 3.82. The van der Waals surface area contributed by atoms with Gasteiger partial charge in [0.05, 0.1) is 12.2 Å². The van der Waals surface area contributed by atoms with E-state index in [-0.39, 0.29) is 5.91 Å². The Hall–Kier alpha value is -1.81. The molecule has 4 nitrogen and oxygen atoms in total. The summed E-state index contributed by atoms with van der Waals surface area (Å²) in [5.41, 5.74) is 1.85. The Morgan fingerprint density at radius 2 is 2.20 bits per heavy atom. The highest BCUT2D eigenvalue weighted by molar-refractivity contribution is 6.07. The molecule has 1 N–H and O–H groups in total. The second-order valence-corrected chi connectivity index (χ2v) is 5.40. The molecule has 106 valence electrons. The number of nitrogens with one attached hydrogen (secondary N) is 1. The lowest BCUT2D eigenvalue weighted by molar-refractivity contribution is 0.0953. The van der Waals surface area contributed by atoms with Gasteiger partial charge < -0.3 is 14.6 Å². The Balaban J connectivity index is 1.86. The van der Waals surface area contributed by atoms with E-state index in [1.807, 2.05) is 30.5 Å². The largest absolute Gasteiger partial charge is 0.383 e. The molecule has 3 rings (SSSR count). The van der Waals surface area contributed by atoms with Crippen LogP contribution in [0.25, 0.3) is 10.9 Å². The minimum atomic E-state index is 0.0317. The highest BCUT2D eigenvalue weighted by Crippen LogP contribution is 2.28. The van der Waals surface area contributed by atoms with Gasteiger partial charge in [-0.25, -0.2) is 0 Å². The number of nitrogens with zero attached hydrogens (tertiary/aromatic N) is 1. The third-order valence-electron chi connectivity index (χ3n) is 3.82. The summed E-state index contributed by atoms with van der Waals surface area (Å²) in [6.07, 6.45) is 4.43. The first-order valence-electron chi connectivity index (χ1n) is 7.14. The molecule has 4 heteroatoms. The highest BCUT2D eigenvalue weighted by Gasteiger charge is 2.22. The molecule has 0 radical (unpaired) electrons. The number of hydrogen-bond donors (Lipinski definition) is 1. The number of carbonyl (C=O) groups is 1. The Morgan fingerprint density at radius 1 is 1.40 bits per heavy atom. The van der Waals surface area contributed by atoms with Gasteiger partial charge in [-0.05, 0) is 24.8 Å². The molecule has 1 aliphatic rings. The molecule has 0 bridgehead atoms. The predicted octanol–water partition coefficient (Wildman–Crippen LogP) is 2.43. The molecule has 1 fully saturated rings. The third kappa shape index (κ3) is 2.70. The van der Waals surface area contributed by atoms with Gasteiger partial charge in [-0.1, -0.05) is 18.2 Å². The monoisotopic (exact) mass is 272 g/mol. The van der Waals surface area contributed by atoms with Crippen molar-refractivity contribution in [2.45, 2.75) is 19.4 Å². The molecule has 20 heavy (non-hydrogen) atoms. The number of ether oxygens (including phenoxy) is 1. The van der Waals surface area contributed by atoms with E-state index in [4.69, 9.17) is 4.74 Å². The minimum absolute atomic E-state index is 0.0317. The Bertz CT molecular complexity index is 614. The van der Waals surface area contributed by atoms with Gasteiger partial charge in [-0.2, -0.15) is 0 Å². The number of carbonyl (C=O) groups excluding carboxylic acids is 1. The summed E-state index contributed by atoms with van der Waals surface area (Å²) in [5.74, 6) is 0.727. The molecule has 0 saturated heterocycles. The number of methoxy groups -OCH3 is 1. The van der Waals surface area contributed by atoms with Gasteiger partial charge in [0, 0.05) is 37.3 Å². The maximum atomic E-state index is 12.3. The number of aromatic nitrogens is 1. The molecular weight excluding hydrogens is 252 g/mol. The smallest absolute Gasteiger partial charge is 0.253 e. The summed E-state index contributed by atoms with van der Waals surface area (Å²) >= 11 is 0. The van der Waals surface area contributed by atoms with Crippen LogP contribution in [0.15, 0.2) is 30.5 Å². The van der Waals surface area contributed by atoms with Crippen molar-refractivity contribution < 1.29 is 9.53 Å². The fourth-order valence-corrected chi connectivity index (χ4v) is 2.46. The maximum Gasteiger partial charge on any atom is 0.253 e. The molecule has 1 aromatic heterocycles. The number of benzene rings is 1. The molecule has 2 aromatic rings. The van der Waals surface area contributed by atoms with E-state index in [2.05, 4.69) is 9.88 Å². The molecule has 1 saturated carbocycles. The lowest BCUT2D eigenvalue weighted by Crippen LogP contribution is -2.25. The molecule has 1 aromatic carbocycles. The van der Waals surface area contributed by atoms with E-state index in [0.717, 1.165) is 29.6 Å². The van der Waals surface area contributed by atoms with Crippen LogP contribution in [0.5, 0.6) is 0 Å². The Labute approximate surface area is 118 Å². The highest BCUT2D eigenvalue weighted by atomic mass is 16.5. The van der Waals surface area contributed by atoms with Crippen molar-refractivity contribution in [2.75, 3.05) is 20.3 Å². The second-order valence-electron chi connectivity index (χ2n) is 5.40. The Kier molecular flexibility index (Phi) is 3.74. The van der Waals surface area contributed by atoms with Crippen molar-refractivity contribution in [3.8, 4) is 0 Å². The van der Waals surface area contributed by atoms with E-state index in [1.165, 1.54) is 12.8 Å². The zero-order chi connectivity index (χ0) is 13.9. The lowest BCUT2D eigenvalue weighted by Gasteiger charge is -2.03. The summed E-state index contributed by atoms with van der Waals surface area (Å²) < 4.78 is 7.22. The molecular formula is C16H20N2O2. The number of amides is 1. The van der Waals surface area contributed by atoms with Gasteiger partial charge in [0.15, 0.2) is 0 Å². The van der Waals surface area contributed by atoms with E-state index in [1.54, 1.807) is 7.11 Å². The van der Waals surface area contributed by atoms with E-state index >= 15 is 0 Å². The standard InChI is InChI=1S/C16H20N2O2/c1-20-9-8-18-11-14(13-4-2-3-5-15(13)18)16(19)17-10-12-6-7-12/h2-5,11-12H,6-10H2,1H3,(H,17,19). The first-order chi connectivity index (χ1) is 9.79. The average molecular weight is 272 g/mol. The van der Waals surface area contributed by atoms with Gasteiger partial charge in [-0.15, -0.1) is 0 Å². The summed E-state index contributed by atoms with van der Waals surface area (Å²) in [5, 5.41) is 4.05. The number of hydrogen-bond acceptors (Lipinski definition) is 2. The summed E-state index contributed by atoms with van der Waals surface area (Å²) in [4.78, 5) is 12.3. The van der Waals surface area contributed by atoms with Crippen molar-refractivity contribution in [3.05, 3.63) is 36.0 Å². The predicted molar refractivity (Wildman–Crippen MR) is 78.9 cm³/mol. The molecule has 1 aliphatic carbocycles. The van der Waals surface area contributed by atoms with Gasteiger partial charge in [0.1, 0.15) is 0 Å². The van der Waals surface area contributed by atoms with Gasteiger partial charge in [0.25, 0.3) is 5.91 Å². The maximum absolute atomic E-state index is 12.3. The zero-order valence-electron chi connectivity index (χ0n) is 11.8. The molecule has 0 aliphatic heterocycles. The zero-order valence-corrected chi connectivity index (χ0v) is 11.8. The molecule has 1 amide bonds. The van der Waals surface area contributed by atoms with Crippen LogP contribution in [0, 0.1) is 5.92 Å². The van der Waals surface area contributed by atoms with Gasteiger partial charge in [-0.3, -0.25) is 4.79 Å². The van der Waals surface area contributed by atoms with Gasteiger partial charge >= 0.3 is 0 Å². The first-order valence-corrected chi connectivity index (χ1v) is 7.14. The summed E-state index contributed by atoms with van der Waals surface area (Å²) in [7, 11) is 1.69. The fraction of sp³-hybridized carbons (Fsp3) is 0.438. The second kappa shape index (κ2) is 5.67. The van der Waals surface area contributed by atoms with Crippen molar-refractivity contribution in [1.29, 1.82) is 0 Å². The van der Waals surface area contributed by atoms with Crippen LogP contribution in [0.1, 0.15) is 23.2 Å².